The molecular weight excluding hydrogens is 646 g/mol. The number of thiol groups is 1. The number of H-pyrrole nitrogens is 1. The first-order valence-corrected chi connectivity index (χ1v) is 16.9. The Balaban J connectivity index is 1.18. The fourth-order valence-corrected chi connectivity index (χ4v) is 7.76. The maximum Gasteiger partial charge on any atom is 0.472 e. The van der Waals surface area contributed by atoms with Crippen molar-refractivity contribution in [2.24, 2.45) is 0 Å². The molecule has 44 heavy (non-hydrogen) atoms. The van der Waals surface area contributed by atoms with Gasteiger partial charge in [-0.05, 0) is 12.1 Å². The van der Waals surface area contributed by atoms with Crippen molar-refractivity contribution in [3.05, 3.63) is 41.2 Å². The van der Waals surface area contributed by atoms with Gasteiger partial charge in [0.05, 0.1) is 24.0 Å². The molecule has 3 saturated heterocycles. The van der Waals surface area contributed by atoms with E-state index < -0.39 is 76.6 Å². The van der Waals surface area contributed by atoms with Gasteiger partial charge in [-0.3, -0.25) is 18.8 Å². The van der Waals surface area contributed by atoms with Crippen LogP contribution in [-0.2, 0) is 32.1 Å². The van der Waals surface area contributed by atoms with Crippen LogP contribution in [0, 0.1) is 0 Å². The van der Waals surface area contributed by atoms with Crippen LogP contribution >= 0.6 is 27.6 Å². The molecule has 4 aromatic heterocycles. The highest BCUT2D eigenvalue weighted by atomic mass is 32.7. The molecule has 8 N–H and O–H groups in total. The average Bonchev–Trinajstić information content (AvgIpc) is 3.72. The fraction of sp³-hybridized carbons (Fsp3) is 0.455. The van der Waals surface area contributed by atoms with Gasteiger partial charge in [-0.15, -0.1) is 0 Å². The van der Waals surface area contributed by atoms with Gasteiger partial charge in [-0.1, -0.05) is 12.2 Å². The zero-order valence-electron chi connectivity index (χ0n) is 22.3. The van der Waals surface area contributed by atoms with Crippen molar-refractivity contribution in [3.63, 3.8) is 0 Å². The van der Waals surface area contributed by atoms with Crippen LogP contribution in [-0.4, -0.2) is 94.0 Å². The highest BCUT2D eigenvalue weighted by molar-refractivity contribution is 8.41. The first kappa shape index (κ1) is 30.0. The predicted molar refractivity (Wildman–Crippen MR) is 154 cm³/mol. The lowest BCUT2D eigenvalue weighted by molar-refractivity contribution is -0.0598. The van der Waals surface area contributed by atoms with Crippen molar-refractivity contribution in [2.45, 2.75) is 49.1 Å². The largest absolute Gasteiger partial charge is 0.472 e. The number of nitrogens with one attached hydrogen (secondary N) is 1. The van der Waals surface area contributed by atoms with Crippen LogP contribution in [0.5, 0.6) is 0 Å². The molecule has 4 aromatic rings. The number of ether oxygens (including phenoxy) is 2. The van der Waals surface area contributed by atoms with Gasteiger partial charge in [-0.2, -0.15) is 4.98 Å². The Labute approximate surface area is 252 Å². The molecule has 3 aliphatic heterocycles. The van der Waals surface area contributed by atoms with Gasteiger partial charge >= 0.3 is 7.82 Å². The third kappa shape index (κ3) is 5.20. The lowest BCUT2D eigenvalue weighted by Gasteiger charge is -2.26. The standard InChI is InChI=1S/C22H26N8O11P2S/c23-16-8-1-3-29(17(8)26-7-25-16)20-13(32)14-11(39-20)5-36-42(44)40-15-12(31)10(6-37-43(34,35)41-14)38-21(15)30-4-2-9-18(30)27-22(24)28-19(9)33/h1-4,7,10-15,20-21,31-32,44H,5-6H2,(H,34,35)(H2,23,25,26)(H3,24,27,28,33)/t10-,11-,12?,13?,14?,15?,20-,21-,42?/m1/s1. The number of nitrogen functional groups attached to an aromatic ring is 2. The summed E-state index contributed by atoms with van der Waals surface area (Å²) >= 11 is 4.42. The number of anilines is 2. The number of aromatic amines is 1. The summed E-state index contributed by atoms with van der Waals surface area (Å²) in [7, 11) is -6.96. The molecule has 6 unspecified atom stereocenters. The van der Waals surface area contributed by atoms with Crippen molar-refractivity contribution in [1.29, 1.82) is 0 Å². The highest BCUT2D eigenvalue weighted by Gasteiger charge is 2.52. The zero-order valence-corrected chi connectivity index (χ0v) is 24.9. The molecule has 0 aliphatic carbocycles. The maximum absolute atomic E-state index is 13.1. The highest BCUT2D eigenvalue weighted by Crippen LogP contribution is 2.53. The summed E-state index contributed by atoms with van der Waals surface area (Å²) in [6, 6.07) is 3.12. The molecule has 3 fully saturated rings. The molecule has 0 spiro atoms. The van der Waals surface area contributed by atoms with E-state index >= 15 is 0 Å². The van der Waals surface area contributed by atoms with Crippen LogP contribution in [0.1, 0.15) is 12.5 Å². The van der Waals surface area contributed by atoms with E-state index in [9.17, 15) is 24.5 Å². The molecule has 3 aliphatic rings. The SMILES string of the molecule is Nc1nc2c(ccn2[C@@H]2O[C@@H]3COP(=O)(O)OC4C(O)[C@H](n5ccc6c(N)ncnc65)O[C@@H]4COP(S)OC2C3O)c(=O)[nH]1. The van der Waals surface area contributed by atoms with Gasteiger partial charge in [0, 0.05) is 12.4 Å². The van der Waals surface area contributed by atoms with Crippen molar-refractivity contribution >= 4 is 61.5 Å². The number of phosphoric acid groups is 1. The van der Waals surface area contributed by atoms with E-state index in [-0.39, 0.29) is 29.4 Å². The Hall–Kier alpha value is -2.71. The van der Waals surface area contributed by atoms with Crippen molar-refractivity contribution in [2.75, 3.05) is 24.7 Å². The van der Waals surface area contributed by atoms with Crippen LogP contribution in [0.3, 0.4) is 0 Å². The summed E-state index contributed by atoms with van der Waals surface area (Å²) in [4.78, 5) is 37.8. The van der Waals surface area contributed by atoms with Crippen molar-refractivity contribution in [3.8, 4) is 0 Å². The van der Waals surface area contributed by atoms with Crippen molar-refractivity contribution < 1.29 is 47.2 Å². The van der Waals surface area contributed by atoms with E-state index in [0.717, 1.165) is 0 Å². The second-order valence-corrected chi connectivity index (χ2v) is 13.5. The molecule has 0 saturated carbocycles. The molecule has 0 amide bonds. The van der Waals surface area contributed by atoms with Crippen LogP contribution in [0.2, 0.25) is 0 Å². The minimum Gasteiger partial charge on any atom is -0.387 e. The summed E-state index contributed by atoms with van der Waals surface area (Å²) < 4.78 is 50.5. The van der Waals surface area contributed by atoms with E-state index in [1.165, 1.54) is 27.7 Å². The predicted octanol–water partition coefficient (Wildman–Crippen LogP) is -0.0752. The second kappa shape index (κ2) is 11.3. The monoisotopic (exact) mass is 672 g/mol. The van der Waals surface area contributed by atoms with E-state index in [1.54, 1.807) is 12.3 Å². The molecule has 0 radical (unpaired) electrons. The van der Waals surface area contributed by atoms with E-state index in [4.69, 9.17) is 39.0 Å². The number of phosphoric ester groups is 1. The topological polar surface area (TPSA) is 267 Å². The minimum absolute atomic E-state index is 0.144. The number of nitrogens with two attached hydrogens (primary N) is 2. The quantitative estimate of drug-likeness (QED) is 0.108. The average molecular weight is 673 g/mol. The van der Waals surface area contributed by atoms with Crippen LogP contribution in [0.25, 0.3) is 22.1 Å². The number of hydrogen-bond acceptors (Lipinski definition) is 16. The van der Waals surface area contributed by atoms with E-state index in [2.05, 4.69) is 32.2 Å². The van der Waals surface area contributed by atoms with Gasteiger partial charge in [-0.25, -0.2) is 14.5 Å². The van der Waals surface area contributed by atoms with E-state index in [0.29, 0.717) is 11.0 Å². The Morgan fingerprint density at radius 1 is 1.00 bits per heavy atom. The number of aromatic nitrogens is 6. The fourth-order valence-electron chi connectivity index (χ4n) is 5.49. The number of fused-ring (bicyclic) bond motifs is 5. The third-order valence-electron chi connectivity index (χ3n) is 7.53. The molecule has 19 nitrogen and oxygen atoms in total. The molecule has 0 aromatic carbocycles. The Bertz CT molecular complexity index is 1820. The second-order valence-electron chi connectivity index (χ2n) is 10.2. The summed E-state index contributed by atoms with van der Waals surface area (Å²) in [5, 5.41) is 23.0. The van der Waals surface area contributed by atoms with Gasteiger partial charge in [0.2, 0.25) is 13.5 Å². The summed E-state index contributed by atoms with van der Waals surface area (Å²) in [6.07, 6.45) is -5.73. The first-order chi connectivity index (χ1) is 21.0. The molecule has 22 heteroatoms. The molecule has 7 rings (SSSR count). The Morgan fingerprint density at radius 3 is 2.52 bits per heavy atom. The Morgan fingerprint density at radius 2 is 1.73 bits per heavy atom. The number of rotatable bonds is 2. The lowest BCUT2D eigenvalue weighted by atomic mass is 10.1. The van der Waals surface area contributed by atoms with Gasteiger partial charge < -0.3 is 54.2 Å². The van der Waals surface area contributed by atoms with Crippen LogP contribution in [0.15, 0.2) is 35.6 Å². The Kier molecular flexibility index (Phi) is 7.68. The molecule has 236 valence electrons. The van der Waals surface area contributed by atoms with Crippen LogP contribution in [0.4, 0.5) is 11.8 Å². The molecular formula is C22H26N8O11P2S. The molecule has 2 bridgehead atoms. The number of hydrogen-bond donors (Lipinski definition) is 7. The summed E-state index contributed by atoms with van der Waals surface area (Å²) in [5.74, 6) is 0.0693. The van der Waals surface area contributed by atoms with Gasteiger partial charge in [0.25, 0.3) is 5.56 Å². The molecule has 10 atom stereocenters. The van der Waals surface area contributed by atoms with Gasteiger partial charge in [0.15, 0.2) is 18.1 Å². The zero-order chi connectivity index (χ0) is 30.9. The minimum atomic E-state index is -4.90. The van der Waals surface area contributed by atoms with Crippen LogP contribution < -0.4 is 17.0 Å². The third-order valence-corrected chi connectivity index (χ3v) is 9.94. The lowest BCUT2D eigenvalue weighted by Crippen LogP contribution is -2.36. The van der Waals surface area contributed by atoms with Crippen molar-refractivity contribution in [1.82, 2.24) is 29.1 Å². The number of aliphatic hydroxyl groups is 2. The number of aliphatic hydroxyl groups excluding tert-OH is 2. The summed E-state index contributed by atoms with van der Waals surface area (Å²) in [6.45, 7) is -0.941. The summed E-state index contributed by atoms with van der Waals surface area (Å²) in [5.41, 5.74) is 11.7. The van der Waals surface area contributed by atoms with E-state index in [1.807, 2.05) is 0 Å². The number of nitrogens with zero attached hydrogens (tertiary/aromatic N) is 5. The smallest absolute Gasteiger partial charge is 0.387 e. The van der Waals surface area contributed by atoms with Gasteiger partial charge in [0.1, 0.15) is 54.4 Å². The molecule has 7 heterocycles. The maximum atomic E-state index is 13.1. The normalized spacial score (nSPS) is 36.6. The first-order valence-electron chi connectivity index (χ1n) is 13.1.